The van der Waals surface area contributed by atoms with Gasteiger partial charge in [0.15, 0.2) is 5.78 Å². The van der Waals surface area contributed by atoms with Crippen LogP contribution in [0.4, 0.5) is 0 Å². The molecule has 1 saturated carbocycles. The summed E-state index contributed by atoms with van der Waals surface area (Å²) in [5, 5.41) is 0. The predicted molar refractivity (Wildman–Crippen MR) is 78.4 cm³/mol. The molecule has 0 saturated heterocycles. The zero-order valence-electron chi connectivity index (χ0n) is 12.2. The monoisotopic (exact) mass is 356 g/mol. The summed E-state index contributed by atoms with van der Waals surface area (Å²) in [4.78, 5) is 58.8. The molecule has 22 heavy (non-hydrogen) atoms. The van der Waals surface area contributed by atoms with Crippen LogP contribution in [0, 0.1) is 0 Å². The highest BCUT2D eigenvalue weighted by Crippen LogP contribution is 2.71. The molecule has 128 valence electrons. The van der Waals surface area contributed by atoms with Gasteiger partial charge in [-0.25, -0.2) is 0 Å². The second-order valence-corrected chi connectivity index (χ2v) is 9.69. The van der Waals surface area contributed by atoms with E-state index >= 15 is 0 Å². The third-order valence-corrected chi connectivity index (χ3v) is 8.44. The molecule has 0 amide bonds. The molecule has 10 heteroatoms. The molecule has 0 aromatic heterocycles. The number of carbonyl (C=O) groups excluding carboxylic acids is 2. The van der Waals surface area contributed by atoms with Gasteiger partial charge in [0.2, 0.25) is 4.90 Å². The standard InChI is InChI=1S/C12H22O8P2/c13-10-6-3-1-2-4-8-11(14)12(9-5-7-10,21(15,16)17)22(18,19)20/h1-9H2,(H2,15,16,17)(H2,18,19,20). The first kappa shape index (κ1) is 19.7. The lowest BCUT2D eigenvalue weighted by atomic mass is 9.99. The fraction of sp³-hybridized carbons (Fsp3) is 0.833. The fourth-order valence-corrected chi connectivity index (χ4v) is 5.87. The Hall–Kier alpha value is -0.360. The Balaban J connectivity index is 3.21. The van der Waals surface area contributed by atoms with Crippen molar-refractivity contribution in [3.8, 4) is 0 Å². The van der Waals surface area contributed by atoms with Gasteiger partial charge in [-0.15, -0.1) is 0 Å². The molecule has 8 nitrogen and oxygen atoms in total. The number of Topliss-reactive ketones (excluding diaryl/α,β-unsaturated/α-hetero) is 2. The van der Waals surface area contributed by atoms with Crippen molar-refractivity contribution in [2.24, 2.45) is 0 Å². The van der Waals surface area contributed by atoms with Gasteiger partial charge in [-0.3, -0.25) is 18.7 Å². The largest absolute Gasteiger partial charge is 0.351 e. The van der Waals surface area contributed by atoms with Crippen LogP contribution in [-0.4, -0.2) is 36.0 Å². The lowest BCUT2D eigenvalue weighted by Crippen LogP contribution is -2.38. The number of hydrogen-bond donors (Lipinski definition) is 4. The Labute approximate surface area is 128 Å². The van der Waals surface area contributed by atoms with Crippen LogP contribution in [0.3, 0.4) is 0 Å². The van der Waals surface area contributed by atoms with E-state index < -0.39 is 32.3 Å². The minimum atomic E-state index is -5.40. The van der Waals surface area contributed by atoms with Crippen LogP contribution in [-0.2, 0) is 18.7 Å². The van der Waals surface area contributed by atoms with Gasteiger partial charge in [0, 0.05) is 19.3 Å². The van der Waals surface area contributed by atoms with E-state index in [0.717, 1.165) is 0 Å². The smallest absolute Gasteiger partial charge is 0.323 e. The van der Waals surface area contributed by atoms with Gasteiger partial charge in [0.05, 0.1) is 0 Å². The first-order chi connectivity index (χ1) is 10.0. The van der Waals surface area contributed by atoms with Crippen molar-refractivity contribution in [1.82, 2.24) is 0 Å². The van der Waals surface area contributed by atoms with Gasteiger partial charge in [-0.2, -0.15) is 0 Å². The molecule has 0 radical (unpaired) electrons. The second-order valence-electron chi connectivity index (χ2n) is 5.63. The van der Waals surface area contributed by atoms with Gasteiger partial charge in [-0.05, 0) is 25.7 Å². The van der Waals surface area contributed by atoms with Crippen LogP contribution in [0.15, 0.2) is 0 Å². The van der Waals surface area contributed by atoms with Gasteiger partial charge in [-0.1, -0.05) is 12.8 Å². The zero-order chi connectivity index (χ0) is 17.0. The number of rotatable bonds is 2. The van der Waals surface area contributed by atoms with E-state index in [1.807, 2.05) is 0 Å². The quantitative estimate of drug-likeness (QED) is 0.546. The van der Waals surface area contributed by atoms with Gasteiger partial charge >= 0.3 is 15.2 Å². The van der Waals surface area contributed by atoms with E-state index in [-0.39, 0.29) is 31.5 Å². The molecule has 1 aliphatic rings. The Morgan fingerprint density at radius 3 is 1.68 bits per heavy atom. The minimum Gasteiger partial charge on any atom is -0.323 e. The molecule has 0 aromatic rings. The number of carbonyl (C=O) groups is 2. The van der Waals surface area contributed by atoms with Crippen molar-refractivity contribution < 1.29 is 38.3 Å². The molecule has 0 spiro atoms. The molecule has 0 unspecified atom stereocenters. The van der Waals surface area contributed by atoms with Crippen LogP contribution in [0.5, 0.6) is 0 Å². The summed E-state index contributed by atoms with van der Waals surface area (Å²) in [6.07, 6.45) is 1.41. The molecule has 0 heterocycles. The summed E-state index contributed by atoms with van der Waals surface area (Å²) in [6, 6.07) is 0. The first-order valence-corrected chi connectivity index (χ1v) is 10.4. The predicted octanol–water partition coefficient (Wildman–Crippen LogP) is 1.70. The first-order valence-electron chi connectivity index (χ1n) is 7.18. The Bertz CT molecular complexity index is 495. The SMILES string of the molecule is O=C1CCCCCCC(=O)C(P(=O)(O)O)(P(=O)(O)O)CCC1. The summed E-state index contributed by atoms with van der Waals surface area (Å²) in [7, 11) is -10.8. The van der Waals surface area contributed by atoms with Crippen molar-refractivity contribution >= 4 is 26.8 Å². The van der Waals surface area contributed by atoms with Crippen molar-refractivity contribution in [3.63, 3.8) is 0 Å². The summed E-state index contributed by atoms with van der Waals surface area (Å²) in [5.41, 5.74) is 0. The summed E-state index contributed by atoms with van der Waals surface area (Å²) >= 11 is 0. The maximum absolute atomic E-state index is 12.3. The third-order valence-electron chi connectivity index (χ3n) is 4.00. The van der Waals surface area contributed by atoms with Crippen molar-refractivity contribution in [2.45, 2.75) is 62.7 Å². The molecule has 0 aliphatic heterocycles. The van der Waals surface area contributed by atoms with Gasteiger partial charge in [0.25, 0.3) is 0 Å². The minimum absolute atomic E-state index is 0.0466. The summed E-state index contributed by atoms with van der Waals surface area (Å²) < 4.78 is 23.5. The summed E-state index contributed by atoms with van der Waals surface area (Å²) in [5.74, 6) is -1.24. The molecule has 4 N–H and O–H groups in total. The van der Waals surface area contributed by atoms with Crippen LogP contribution in [0.1, 0.15) is 57.8 Å². The lowest BCUT2D eigenvalue weighted by Gasteiger charge is -2.33. The molecule has 1 aliphatic carbocycles. The Morgan fingerprint density at radius 2 is 1.18 bits per heavy atom. The number of hydrogen-bond acceptors (Lipinski definition) is 4. The van der Waals surface area contributed by atoms with Gasteiger partial charge in [0.1, 0.15) is 5.78 Å². The Morgan fingerprint density at radius 1 is 0.727 bits per heavy atom. The van der Waals surface area contributed by atoms with Gasteiger partial charge < -0.3 is 19.6 Å². The van der Waals surface area contributed by atoms with E-state index in [4.69, 9.17) is 0 Å². The molecule has 1 rings (SSSR count). The van der Waals surface area contributed by atoms with E-state index in [0.29, 0.717) is 25.7 Å². The highest BCUT2D eigenvalue weighted by molar-refractivity contribution is 7.74. The molecule has 1 fully saturated rings. The normalized spacial score (nSPS) is 22.7. The van der Waals surface area contributed by atoms with E-state index in [1.165, 1.54) is 0 Å². The van der Waals surface area contributed by atoms with Crippen LogP contribution in [0.25, 0.3) is 0 Å². The molecular formula is C12H22O8P2. The number of ketones is 2. The maximum atomic E-state index is 12.3. The van der Waals surface area contributed by atoms with Crippen molar-refractivity contribution in [2.75, 3.05) is 0 Å². The highest BCUT2D eigenvalue weighted by atomic mass is 31.2. The van der Waals surface area contributed by atoms with Crippen LogP contribution in [0.2, 0.25) is 0 Å². The topological polar surface area (TPSA) is 149 Å². The molecule has 0 bridgehead atoms. The fourth-order valence-electron chi connectivity index (χ4n) is 2.74. The van der Waals surface area contributed by atoms with Crippen molar-refractivity contribution in [1.29, 1.82) is 0 Å². The Kier molecular flexibility index (Phi) is 6.69. The van der Waals surface area contributed by atoms with E-state index in [9.17, 15) is 38.3 Å². The molecular weight excluding hydrogens is 334 g/mol. The summed E-state index contributed by atoms with van der Waals surface area (Å²) in [6.45, 7) is 0. The second kappa shape index (κ2) is 7.47. The van der Waals surface area contributed by atoms with Crippen molar-refractivity contribution in [3.05, 3.63) is 0 Å². The average molecular weight is 356 g/mol. The maximum Gasteiger partial charge on any atom is 0.351 e. The van der Waals surface area contributed by atoms with Crippen LogP contribution >= 0.6 is 15.2 Å². The third kappa shape index (κ3) is 4.34. The van der Waals surface area contributed by atoms with Crippen LogP contribution < -0.4 is 0 Å². The lowest BCUT2D eigenvalue weighted by molar-refractivity contribution is -0.122. The van der Waals surface area contributed by atoms with E-state index in [2.05, 4.69) is 0 Å². The zero-order valence-corrected chi connectivity index (χ0v) is 14.0. The molecule has 0 atom stereocenters. The molecule has 0 aromatic carbocycles. The van der Waals surface area contributed by atoms with E-state index in [1.54, 1.807) is 0 Å². The average Bonchev–Trinajstić information content (AvgIpc) is 2.33. The highest BCUT2D eigenvalue weighted by Gasteiger charge is 2.64.